The highest BCUT2D eigenvalue weighted by Gasteiger charge is 2.26. The third-order valence-electron chi connectivity index (χ3n) is 2.48. The molecule has 4 heteroatoms. The molecular formula is C12H17BrFNO. The van der Waals surface area contributed by atoms with E-state index in [1.54, 1.807) is 12.1 Å². The molecule has 1 aromatic carbocycles. The van der Waals surface area contributed by atoms with Crippen molar-refractivity contribution in [3.8, 4) is 0 Å². The first kappa shape index (κ1) is 13.6. The lowest BCUT2D eigenvalue weighted by Crippen LogP contribution is -2.46. The Morgan fingerprint density at radius 1 is 1.50 bits per heavy atom. The molecule has 2 nitrogen and oxygen atoms in total. The van der Waals surface area contributed by atoms with Gasteiger partial charge in [-0.15, -0.1) is 0 Å². The van der Waals surface area contributed by atoms with Crippen LogP contribution in [0.3, 0.4) is 0 Å². The van der Waals surface area contributed by atoms with Gasteiger partial charge in [0.05, 0.1) is 16.6 Å². The van der Waals surface area contributed by atoms with Gasteiger partial charge in [0.25, 0.3) is 0 Å². The predicted molar refractivity (Wildman–Crippen MR) is 66.8 cm³/mol. The summed E-state index contributed by atoms with van der Waals surface area (Å²) in [5, 5.41) is 12.8. The van der Waals surface area contributed by atoms with Gasteiger partial charge in [-0.3, -0.25) is 0 Å². The number of aliphatic hydroxyl groups excluding tert-OH is 1. The predicted octanol–water partition coefficient (Wildman–Crippen LogP) is 2.79. The lowest BCUT2D eigenvalue weighted by atomic mass is 9.92. The molecule has 1 aromatic rings. The van der Waals surface area contributed by atoms with Gasteiger partial charge in [0, 0.05) is 6.04 Å². The van der Waals surface area contributed by atoms with Crippen LogP contribution in [0.1, 0.15) is 26.3 Å². The molecule has 90 valence electrons. The lowest BCUT2D eigenvalue weighted by Gasteiger charge is -2.32. The average molecular weight is 290 g/mol. The van der Waals surface area contributed by atoms with Crippen LogP contribution in [0, 0.1) is 5.82 Å². The summed E-state index contributed by atoms with van der Waals surface area (Å²) in [5.41, 5.74) is 0.307. The van der Waals surface area contributed by atoms with Crippen molar-refractivity contribution in [2.75, 3.05) is 6.61 Å². The number of aliphatic hydroxyl groups is 1. The number of nitrogens with one attached hydrogen (secondary N) is 1. The van der Waals surface area contributed by atoms with Crippen molar-refractivity contribution in [3.63, 3.8) is 0 Å². The van der Waals surface area contributed by atoms with Gasteiger partial charge in [-0.2, -0.15) is 0 Å². The van der Waals surface area contributed by atoms with E-state index in [9.17, 15) is 9.50 Å². The molecule has 0 aliphatic rings. The fourth-order valence-corrected chi connectivity index (χ4v) is 2.08. The highest BCUT2D eigenvalue weighted by Crippen LogP contribution is 2.25. The first-order chi connectivity index (χ1) is 7.39. The van der Waals surface area contributed by atoms with Gasteiger partial charge in [0.2, 0.25) is 0 Å². The standard InChI is InChI=1S/C12H17BrFNO/c1-8(2)15-12(3,7-16)9-4-5-11(14)10(13)6-9/h4-6,8,15-16H,7H2,1-3H3. The van der Waals surface area contributed by atoms with E-state index in [1.165, 1.54) is 6.07 Å². The van der Waals surface area contributed by atoms with E-state index in [-0.39, 0.29) is 18.5 Å². The van der Waals surface area contributed by atoms with Gasteiger partial charge in [-0.1, -0.05) is 6.07 Å². The quantitative estimate of drug-likeness (QED) is 0.893. The topological polar surface area (TPSA) is 32.3 Å². The van der Waals surface area contributed by atoms with Gasteiger partial charge < -0.3 is 10.4 Å². The molecule has 0 aliphatic heterocycles. The van der Waals surface area contributed by atoms with E-state index in [0.29, 0.717) is 4.47 Å². The Morgan fingerprint density at radius 3 is 2.56 bits per heavy atom. The highest BCUT2D eigenvalue weighted by molar-refractivity contribution is 9.10. The molecule has 0 aliphatic carbocycles. The van der Waals surface area contributed by atoms with Crippen LogP contribution in [-0.4, -0.2) is 17.8 Å². The van der Waals surface area contributed by atoms with Crippen molar-refractivity contribution in [2.24, 2.45) is 0 Å². The van der Waals surface area contributed by atoms with E-state index < -0.39 is 5.54 Å². The van der Waals surface area contributed by atoms with Gasteiger partial charge >= 0.3 is 0 Å². The number of hydrogen-bond donors (Lipinski definition) is 2. The largest absolute Gasteiger partial charge is 0.394 e. The minimum absolute atomic E-state index is 0.0384. The SMILES string of the molecule is CC(C)NC(C)(CO)c1ccc(F)c(Br)c1. The van der Waals surface area contributed by atoms with E-state index >= 15 is 0 Å². The Labute approximate surface area is 104 Å². The van der Waals surface area contributed by atoms with Crippen LogP contribution in [-0.2, 0) is 5.54 Å². The molecule has 1 unspecified atom stereocenters. The van der Waals surface area contributed by atoms with Crippen LogP contribution in [0.25, 0.3) is 0 Å². The fourth-order valence-electron chi connectivity index (χ4n) is 1.70. The first-order valence-corrected chi connectivity index (χ1v) is 6.02. The van der Waals surface area contributed by atoms with E-state index in [2.05, 4.69) is 21.2 Å². The van der Waals surface area contributed by atoms with Crippen LogP contribution in [0.5, 0.6) is 0 Å². The van der Waals surface area contributed by atoms with Crippen molar-refractivity contribution in [1.82, 2.24) is 5.32 Å². The second-order valence-corrected chi connectivity index (χ2v) is 5.27. The van der Waals surface area contributed by atoms with Gasteiger partial charge in [-0.05, 0) is 54.4 Å². The van der Waals surface area contributed by atoms with Crippen LogP contribution in [0.2, 0.25) is 0 Å². The van der Waals surface area contributed by atoms with Crippen molar-refractivity contribution < 1.29 is 9.50 Å². The smallest absolute Gasteiger partial charge is 0.137 e. The lowest BCUT2D eigenvalue weighted by molar-refractivity contribution is 0.166. The van der Waals surface area contributed by atoms with Crippen molar-refractivity contribution in [1.29, 1.82) is 0 Å². The molecule has 0 saturated carbocycles. The summed E-state index contributed by atoms with van der Waals surface area (Å²) in [5.74, 6) is -0.298. The number of benzene rings is 1. The maximum atomic E-state index is 13.1. The molecule has 16 heavy (non-hydrogen) atoms. The molecule has 2 N–H and O–H groups in total. The summed E-state index contributed by atoms with van der Waals surface area (Å²) in [6.07, 6.45) is 0. The molecule has 0 aromatic heterocycles. The molecule has 0 amide bonds. The zero-order valence-corrected chi connectivity index (χ0v) is 11.3. The van der Waals surface area contributed by atoms with E-state index in [1.807, 2.05) is 20.8 Å². The zero-order chi connectivity index (χ0) is 12.3. The molecule has 0 bridgehead atoms. The monoisotopic (exact) mass is 289 g/mol. The second-order valence-electron chi connectivity index (χ2n) is 4.42. The average Bonchev–Trinajstić information content (AvgIpc) is 2.21. The molecule has 0 saturated heterocycles. The van der Waals surface area contributed by atoms with Gasteiger partial charge in [0.15, 0.2) is 0 Å². The molecule has 0 spiro atoms. The van der Waals surface area contributed by atoms with Crippen molar-refractivity contribution in [3.05, 3.63) is 34.1 Å². The van der Waals surface area contributed by atoms with Gasteiger partial charge in [-0.25, -0.2) is 4.39 Å². The summed E-state index contributed by atoms with van der Waals surface area (Å²) in [6.45, 7) is 5.87. The molecule has 1 atom stereocenters. The summed E-state index contributed by atoms with van der Waals surface area (Å²) in [7, 11) is 0. The maximum Gasteiger partial charge on any atom is 0.137 e. The van der Waals surface area contributed by atoms with Crippen molar-refractivity contribution in [2.45, 2.75) is 32.4 Å². The Hall–Kier alpha value is -0.450. The second kappa shape index (κ2) is 5.25. The Bertz CT molecular complexity index is 370. The van der Waals surface area contributed by atoms with Crippen LogP contribution in [0.4, 0.5) is 4.39 Å². The molecule has 0 fully saturated rings. The summed E-state index contributed by atoms with van der Waals surface area (Å²) >= 11 is 3.15. The van der Waals surface area contributed by atoms with E-state index in [4.69, 9.17) is 0 Å². The molecule has 0 radical (unpaired) electrons. The number of rotatable bonds is 4. The molecular weight excluding hydrogens is 273 g/mol. The van der Waals surface area contributed by atoms with Crippen LogP contribution in [0.15, 0.2) is 22.7 Å². The number of hydrogen-bond acceptors (Lipinski definition) is 2. The fraction of sp³-hybridized carbons (Fsp3) is 0.500. The summed E-state index contributed by atoms with van der Waals surface area (Å²) in [6, 6.07) is 5.02. The van der Waals surface area contributed by atoms with Crippen LogP contribution < -0.4 is 5.32 Å². The van der Waals surface area contributed by atoms with Crippen LogP contribution >= 0.6 is 15.9 Å². The van der Waals surface area contributed by atoms with Gasteiger partial charge in [0.1, 0.15) is 5.82 Å². The Kier molecular flexibility index (Phi) is 4.47. The Balaban J connectivity index is 3.07. The molecule has 1 rings (SSSR count). The minimum atomic E-state index is -0.551. The summed E-state index contributed by atoms with van der Waals surface area (Å²) < 4.78 is 13.5. The van der Waals surface area contributed by atoms with E-state index in [0.717, 1.165) is 5.56 Å². The normalized spacial score (nSPS) is 15.2. The third kappa shape index (κ3) is 3.03. The highest BCUT2D eigenvalue weighted by atomic mass is 79.9. The first-order valence-electron chi connectivity index (χ1n) is 5.23. The third-order valence-corrected chi connectivity index (χ3v) is 3.09. The minimum Gasteiger partial charge on any atom is -0.394 e. The Morgan fingerprint density at radius 2 is 2.12 bits per heavy atom. The molecule has 0 heterocycles. The number of halogens is 2. The zero-order valence-electron chi connectivity index (χ0n) is 9.72. The summed E-state index contributed by atoms with van der Waals surface area (Å²) in [4.78, 5) is 0. The van der Waals surface area contributed by atoms with Crippen molar-refractivity contribution >= 4 is 15.9 Å². The maximum absolute atomic E-state index is 13.1.